The molecule has 2 rings (SSSR count). The van der Waals surface area contributed by atoms with Crippen LogP contribution >= 0.6 is 0 Å². The van der Waals surface area contributed by atoms with Gasteiger partial charge in [0, 0.05) is 26.1 Å². The van der Waals surface area contributed by atoms with Crippen LogP contribution in [0.15, 0.2) is 18.2 Å². The quantitative estimate of drug-likeness (QED) is 0.832. The van der Waals surface area contributed by atoms with Gasteiger partial charge in [0.15, 0.2) is 11.6 Å². The lowest BCUT2D eigenvalue weighted by Crippen LogP contribution is -2.39. The van der Waals surface area contributed by atoms with Crippen LogP contribution in [0.3, 0.4) is 0 Å². The number of nitrogens with zero attached hydrogens (tertiary/aromatic N) is 1. The fraction of sp³-hybridized carbons (Fsp3) is 0.474. The zero-order valence-corrected chi connectivity index (χ0v) is 14.3. The van der Waals surface area contributed by atoms with E-state index in [1.807, 2.05) is 0 Å². The highest BCUT2D eigenvalue weighted by Gasteiger charge is 2.23. The molecule has 134 valence electrons. The van der Waals surface area contributed by atoms with E-state index in [4.69, 9.17) is 0 Å². The average Bonchev–Trinajstić information content (AvgIpc) is 2.61. The molecule has 0 bridgehead atoms. The van der Waals surface area contributed by atoms with Crippen LogP contribution in [0.5, 0.6) is 0 Å². The summed E-state index contributed by atoms with van der Waals surface area (Å²) in [5.41, 5.74) is 0.514. The van der Waals surface area contributed by atoms with Crippen LogP contribution < -0.4 is 5.32 Å². The molecule has 0 unspecified atom stereocenters. The van der Waals surface area contributed by atoms with Crippen molar-refractivity contribution < 1.29 is 18.4 Å². The summed E-state index contributed by atoms with van der Waals surface area (Å²) >= 11 is 0. The third kappa shape index (κ3) is 5.86. The summed E-state index contributed by atoms with van der Waals surface area (Å²) in [6.45, 7) is 3.14. The van der Waals surface area contributed by atoms with Crippen LogP contribution in [0.2, 0.25) is 0 Å². The topological polar surface area (TPSA) is 49.4 Å². The maximum atomic E-state index is 13.1. The molecular weight excluding hydrogens is 326 g/mol. The fourth-order valence-electron chi connectivity index (χ4n) is 2.94. The van der Waals surface area contributed by atoms with Crippen molar-refractivity contribution in [2.45, 2.75) is 39.2 Å². The lowest BCUT2D eigenvalue weighted by atomic mass is 9.93. The van der Waals surface area contributed by atoms with E-state index in [9.17, 15) is 18.4 Å². The number of carbonyl (C=O) groups excluding carboxylic acids is 2. The van der Waals surface area contributed by atoms with Crippen LogP contribution in [-0.2, 0) is 16.1 Å². The Morgan fingerprint density at radius 3 is 2.84 bits per heavy atom. The number of hydrogen-bond donors (Lipinski definition) is 1. The predicted octanol–water partition coefficient (Wildman–Crippen LogP) is 2.62. The smallest absolute Gasteiger partial charge is 0.298 e. The average molecular weight is 348 g/mol. The van der Waals surface area contributed by atoms with E-state index in [1.54, 1.807) is 11.8 Å². The Labute approximate surface area is 146 Å². The summed E-state index contributed by atoms with van der Waals surface area (Å²) < 4.78 is 26.0. The lowest BCUT2D eigenvalue weighted by Gasteiger charge is -2.31. The van der Waals surface area contributed by atoms with Crippen LogP contribution in [-0.4, -0.2) is 29.8 Å². The summed E-state index contributed by atoms with van der Waals surface area (Å²) in [6, 6.07) is 3.57. The maximum Gasteiger partial charge on any atom is 0.298 e. The summed E-state index contributed by atoms with van der Waals surface area (Å²) in [5, 5.41) is 2.71. The maximum absolute atomic E-state index is 13.1. The van der Waals surface area contributed by atoms with E-state index >= 15 is 0 Å². The highest BCUT2D eigenvalue weighted by Crippen LogP contribution is 2.21. The van der Waals surface area contributed by atoms with E-state index < -0.39 is 11.6 Å². The Balaban J connectivity index is 1.74. The third-order valence-corrected chi connectivity index (χ3v) is 4.29. The number of likely N-dealkylation sites (tertiary alicyclic amines) is 1. The first-order valence-corrected chi connectivity index (χ1v) is 8.42. The van der Waals surface area contributed by atoms with Gasteiger partial charge in [-0.25, -0.2) is 8.78 Å². The van der Waals surface area contributed by atoms with Gasteiger partial charge in [-0.05, 0) is 55.7 Å². The van der Waals surface area contributed by atoms with E-state index in [2.05, 4.69) is 17.2 Å². The van der Waals surface area contributed by atoms with Crippen molar-refractivity contribution in [2.75, 3.05) is 13.1 Å². The number of hydrogen-bond acceptors (Lipinski definition) is 2. The number of piperidine rings is 1. The minimum absolute atomic E-state index is 0.137. The molecule has 0 saturated carbocycles. The van der Waals surface area contributed by atoms with Gasteiger partial charge in [-0.1, -0.05) is 12.0 Å². The zero-order chi connectivity index (χ0) is 18.2. The minimum Gasteiger partial charge on any atom is -0.352 e. The Kier molecular flexibility index (Phi) is 6.93. The minimum atomic E-state index is -0.922. The molecule has 1 aliphatic rings. The van der Waals surface area contributed by atoms with Gasteiger partial charge < -0.3 is 10.2 Å². The molecule has 0 spiro atoms. The molecule has 4 nitrogen and oxygen atoms in total. The van der Waals surface area contributed by atoms with Crippen LogP contribution in [0, 0.1) is 29.4 Å². The molecule has 0 aliphatic carbocycles. The highest BCUT2D eigenvalue weighted by atomic mass is 19.2. The summed E-state index contributed by atoms with van der Waals surface area (Å²) in [4.78, 5) is 25.5. The largest absolute Gasteiger partial charge is 0.352 e. The SMILES string of the molecule is CC#CC(=O)N1CCC[C@H](CCC(=O)NCc2ccc(F)c(F)c2)C1. The molecule has 1 heterocycles. The fourth-order valence-corrected chi connectivity index (χ4v) is 2.94. The lowest BCUT2D eigenvalue weighted by molar-refractivity contribution is -0.126. The molecule has 6 heteroatoms. The molecule has 1 aromatic rings. The number of rotatable bonds is 5. The Morgan fingerprint density at radius 1 is 1.32 bits per heavy atom. The van der Waals surface area contributed by atoms with Crippen molar-refractivity contribution in [3.8, 4) is 11.8 Å². The first-order valence-electron chi connectivity index (χ1n) is 8.42. The first kappa shape index (κ1) is 18.9. The van der Waals surface area contributed by atoms with Gasteiger partial charge in [0.1, 0.15) is 0 Å². The molecule has 25 heavy (non-hydrogen) atoms. The molecule has 1 aliphatic heterocycles. The number of nitrogens with one attached hydrogen (secondary N) is 1. The van der Waals surface area contributed by atoms with E-state index in [1.165, 1.54) is 6.07 Å². The first-order chi connectivity index (χ1) is 12.0. The van der Waals surface area contributed by atoms with Crippen molar-refractivity contribution in [1.29, 1.82) is 0 Å². The molecular formula is C19H22F2N2O2. The number of amides is 2. The van der Waals surface area contributed by atoms with E-state index in [0.717, 1.165) is 25.0 Å². The molecule has 2 amide bonds. The van der Waals surface area contributed by atoms with E-state index in [-0.39, 0.29) is 24.3 Å². The second-order valence-electron chi connectivity index (χ2n) is 6.20. The highest BCUT2D eigenvalue weighted by molar-refractivity contribution is 5.93. The molecule has 1 N–H and O–H groups in total. The molecule has 0 radical (unpaired) electrons. The van der Waals surface area contributed by atoms with Gasteiger partial charge in [0.25, 0.3) is 5.91 Å². The normalized spacial score (nSPS) is 16.8. The van der Waals surface area contributed by atoms with E-state index in [0.29, 0.717) is 31.5 Å². The van der Waals surface area contributed by atoms with Gasteiger partial charge in [-0.2, -0.15) is 0 Å². The van der Waals surface area contributed by atoms with Crippen molar-refractivity contribution in [3.63, 3.8) is 0 Å². The molecule has 1 saturated heterocycles. The van der Waals surface area contributed by atoms with Gasteiger partial charge in [0.2, 0.25) is 5.91 Å². The van der Waals surface area contributed by atoms with Crippen LogP contribution in [0.4, 0.5) is 8.78 Å². The van der Waals surface area contributed by atoms with Crippen molar-refractivity contribution in [2.24, 2.45) is 5.92 Å². The number of halogens is 2. The zero-order valence-electron chi connectivity index (χ0n) is 14.3. The standard InChI is InChI=1S/C19H22F2N2O2/c1-2-4-19(25)23-10-3-5-14(13-23)7-9-18(24)22-12-15-6-8-16(20)17(21)11-15/h6,8,11,14H,3,5,7,9-10,12-13H2,1H3,(H,22,24)/t14-/m1/s1. The summed E-state index contributed by atoms with van der Waals surface area (Å²) in [5.74, 6) is 3.32. The predicted molar refractivity (Wildman–Crippen MR) is 90.2 cm³/mol. The van der Waals surface area contributed by atoms with Crippen LogP contribution in [0.1, 0.15) is 38.2 Å². The molecule has 0 aromatic heterocycles. The van der Waals surface area contributed by atoms with Gasteiger partial charge in [-0.15, -0.1) is 0 Å². The van der Waals surface area contributed by atoms with Crippen molar-refractivity contribution >= 4 is 11.8 Å². The Hall–Kier alpha value is -2.42. The Morgan fingerprint density at radius 2 is 2.12 bits per heavy atom. The number of carbonyl (C=O) groups is 2. The Bertz CT molecular complexity index is 694. The summed E-state index contributed by atoms with van der Waals surface area (Å²) in [6.07, 6.45) is 2.93. The van der Waals surface area contributed by atoms with Crippen molar-refractivity contribution in [3.05, 3.63) is 35.4 Å². The molecule has 1 atom stereocenters. The second kappa shape index (κ2) is 9.16. The number of benzene rings is 1. The molecule has 1 fully saturated rings. The van der Waals surface area contributed by atoms with Gasteiger partial charge in [-0.3, -0.25) is 9.59 Å². The monoisotopic (exact) mass is 348 g/mol. The second-order valence-corrected chi connectivity index (χ2v) is 6.20. The van der Waals surface area contributed by atoms with Crippen molar-refractivity contribution in [1.82, 2.24) is 10.2 Å². The van der Waals surface area contributed by atoms with Crippen LogP contribution in [0.25, 0.3) is 0 Å². The summed E-state index contributed by atoms with van der Waals surface area (Å²) in [7, 11) is 0. The third-order valence-electron chi connectivity index (χ3n) is 4.29. The van der Waals surface area contributed by atoms with Gasteiger partial charge in [0.05, 0.1) is 0 Å². The van der Waals surface area contributed by atoms with Gasteiger partial charge >= 0.3 is 0 Å². The molecule has 1 aromatic carbocycles.